The van der Waals surface area contributed by atoms with Gasteiger partial charge in [-0.3, -0.25) is 0 Å². The van der Waals surface area contributed by atoms with Crippen LogP contribution in [0.4, 0.5) is 0 Å². The van der Waals surface area contributed by atoms with Gasteiger partial charge in [-0.15, -0.1) is 0 Å². The van der Waals surface area contributed by atoms with Crippen LogP contribution in [0.5, 0.6) is 11.5 Å². The molecule has 2 aromatic heterocycles. The van der Waals surface area contributed by atoms with Crippen LogP contribution in [-0.4, -0.2) is 24.2 Å². The highest BCUT2D eigenvalue weighted by molar-refractivity contribution is 5.81. The summed E-state index contributed by atoms with van der Waals surface area (Å²) in [6.45, 7) is 0.815. The molecule has 0 bridgehead atoms. The van der Waals surface area contributed by atoms with Crippen LogP contribution >= 0.6 is 0 Å². The van der Waals surface area contributed by atoms with E-state index in [1.54, 1.807) is 14.2 Å². The second-order valence-corrected chi connectivity index (χ2v) is 8.16. The first-order chi connectivity index (χ1) is 17.2. The Morgan fingerprint density at radius 1 is 0.667 bits per heavy atom. The molecule has 0 spiro atoms. The molecule has 2 heterocycles. The number of aromatic nitrogens is 3. The molecule has 6 heteroatoms. The third kappa shape index (κ3) is 5.71. The van der Waals surface area contributed by atoms with Gasteiger partial charge in [0.25, 0.3) is 0 Å². The fourth-order valence-corrected chi connectivity index (χ4v) is 3.98. The lowest BCUT2D eigenvalue weighted by atomic mass is 10.00. The van der Waals surface area contributed by atoms with Gasteiger partial charge in [0.2, 0.25) is 0 Å². The van der Waals surface area contributed by atoms with Gasteiger partial charge in [-0.1, -0.05) is 42.5 Å². The predicted octanol–water partition coefficient (Wildman–Crippen LogP) is 2.83. The number of benzene rings is 3. The number of ether oxygens (including phenoxy) is 2. The maximum Gasteiger partial charge on any atom is 0.173 e. The second-order valence-electron chi connectivity index (χ2n) is 8.16. The minimum Gasteiger partial charge on any atom is -1.00 e. The van der Waals surface area contributed by atoms with Crippen LogP contribution in [-0.2, 0) is 6.54 Å². The Morgan fingerprint density at radius 3 is 1.83 bits per heavy atom. The van der Waals surface area contributed by atoms with E-state index in [4.69, 9.17) is 19.4 Å². The Labute approximate surface area is 228 Å². The van der Waals surface area contributed by atoms with E-state index in [0.717, 1.165) is 46.0 Å². The quantitative estimate of drug-likeness (QED) is 0.217. The van der Waals surface area contributed by atoms with Crippen molar-refractivity contribution in [1.29, 1.82) is 0 Å². The molecular weight excluding hydrogens is 561 g/mol. The lowest BCUT2D eigenvalue weighted by Gasteiger charge is -2.12. The average Bonchev–Trinajstić information content (AvgIpc) is 2.94. The van der Waals surface area contributed by atoms with Crippen molar-refractivity contribution in [3.05, 3.63) is 115 Å². The second kappa shape index (κ2) is 11.8. The molecule has 5 aromatic rings. The Bertz CT molecular complexity index is 1410. The van der Waals surface area contributed by atoms with E-state index in [1.807, 2.05) is 60.8 Å². The van der Waals surface area contributed by atoms with Crippen molar-refractivity contribution in [3.8, 4) is 45.3 Å². The fourth-order valence-electron chi connectivity index (χ4n) is 3.98. The zero-order valence-electron chi connectivity index (χ0n) is 20.1. The van der Waals surface area contributed by atoms with Crippen LogP contribution < -0.4 is 38.0 Å². The molecule has 0 saturated heterocycles. The Morgan fingerprint density at radius 2 is 1.25 bits per heavy atom. The van der Waals surface area contributed by atoms with Crippen molar-refractivity contribution in [2.24, 2.45) is 0 Å². The topological polar surface area (TPSA) is 48.1 Å². The summed E-state index contributed by atoms with van der Waals surface area (Å²) in [6.07, 6.45) is 6.03. The predicted molar refractivity (Wildman–Crippen MR) is 137 cm³/mol. The van der Waals surface area contributed by atoms with E-state index in [2.05, 4.69) is 53.4 Å². The molecule has 0 unspecified atom stereocenters. The SMILES string of the molecule is COc1ccc(-c2cnc(-c3cc[n+](Cc4ccccc4)cc3)nc2-c2ccc(OC)cc2)cc1.[I-]. The van der Waals surface area contributed by atoms with Crippen molar-refractivity contribution >= 4 is 0 Å². The molecule has 0 saturated carbocycles. The number of rotatable bonds is 7. The van der Waals surface area contributed by atoms with E-state index >= 15 is 0 Å². The van der Waals surface area contributed by atoms with Gasteiger partial charge in [-0.2, -0.15) is 0 Å². The van der Waals surface area contributed by atoms with Crippen molar-refractivity contribution in [1.82, 2.24) is 9.97 Å². The average molecular weight is 587 g/mol. The smallest absolute Gasteiger partial charge is 0.173 e. The summed E-state index contributed by atoms with van der Waals surface area (Å²) in [6, 6.07) is 30.4. The molecule has 5 nitrogen and oxygen atoms in total. The summed E-state index contributed by atoms with van der Waals surface area (Å²) in [7, 11) is 3.33. The van der Waals surface area contributed by atoms with Gasteiger partial charge in [0, 0.05) is 40.6 Å². The van der Waals surface area contributed by atoms with Crippen LogP contribution in [0.25, 0.3) is 33.8 Å². The summed E-state index contributed by atoms with van der Waals surface area (Å²) in [5.41, 5.74) is 6.06. The number of pyridine rings is 1. The number of hydrogen-bond acceptors (Lipinski definition) is 4. The van der Waals surface area contributed by atoms with Crippen LogP contribution in [0, 0.1) is 0 Å². The number of methoxy groups -OCH3 is 2. The highest BCUT2D eigenvalue weighted by Crippen LogP contribution is 2.33. The van der Waals surface area contributed by atoms with E-state index in [1.165, 1.54) is 5.56 Å². The highest BCUT2D eigenvalue weighted by Gasteiger charge is 2.14. The van der Waals surface area contributed by atoms with E-state index in [0.29, 0.717) is 5.82 Å². The Hall–Kier alpha value is -3.78. The summed E-state index contributed by atoms with van der Waals surface area (Å²) in [5.74, 6) is 2.30. The van der Waals surface area contributed by atoms with Gasteiger partial charge >= 0.3 is 0 Å². The first kappa shape index (κ1) is 25.3. The van der Waals surface area contributed by atoms with E-state index < -0.39 is 0 Å². The molecule has 180 valence electrons. The number of halogens is 1. The molecule has 3 aromatic carbocycles. The molecule has 0 aliphatic carbocycles. The minimum atomic E-state index is 0. The van der Waals surface area contributed by atoms with Crippen LogP contribution in [0.2, 0.25) is 0 Å². The first-order valence-corrected chi connectivity index (χ1v) is 11.4. The normalized spacial score (nSPS) is 10.4. The largest absolute Gasteiger partial charge is 1.00 e. The van der Waals surface area contributed by atoms with Gasteiger partial charge in [-0.05, 0) is 42.0 Å². The van der Waals surface area contributed by atoms with Crippen molar-refractivity contribution in [2.45, 2.75) is 6.54 Å². The standard InChI is InChI=1S/C30H26N3O2.HI/c1-34-26-12-8-23(9-13-26)28-20-31-30(32-29(28)24-10-14-27(35-2)15-11-24)25-16-18-33(19-17-25)21-22-6-4-3-5-7-22;/h3-20H,21H2,1-2H3;1H/q+1;/p-1. The molecule has 0 amide bonds. The first-order valence-electron chi connectivity index (χ1n) is 11.4. The van der Waals surface area contributed by atoms with E-state index in [9.17, 15) is 0 Å². The lowest BCUT2D eigenvalue weighted by Crippen LogP contribution is -3.00. The molecule has 0 aliphatic rings. The van der Waals surface area contributed by atoms with Crippen molar-refractivity contribution in [3.63, 3.8) is 0 Å². The summed E-state index contributed by atoms with van der Waals surface area (Å²) >= 11 is 0. The monoisotopic (exact) mass is 587 g/mol. The molecule has 0 radical (unpaired) electrons. The van der Waals surface area contributed by atoms with Gasteiger partial charge in [-0.25, -0.2) is 14.5 Å². The van der Waals surface area contributed by atoms with Crippen molar-refractivity contribution in [2.75, 3.05) is 14.2 Å². The molecule has 0 N–H and O–H groups in total. The summed E-state index contributed by atoms with van der Waals surface area (Å²) in [5, 5.41) is 0. The lowest BCUT2D eigenvalue weighted by molar-refractivity contribution is -0.688. The zero-order valence-corrected chi connectivity index (χ0v) is 22.3. The number of nitrogens with zero attached hydrogens (tertiary/aromatic N) is 3. The van der Waals surface area contributed by atoms with E-state index in [-0.39, 0.29) is 24.0 Å². The van der Waals surface area contributed by atoms with Crippen LogP contribution in [0.15, 0.2) is 110 Å². The van der Waals surface area contributed by atoms with Gasteiger partial charge in [0.05, 0.1) is 19.9 Å². The molecule has 5 rings (SSSR count). The molecule has 0 aliphatic heterocycles. The molecule has 36 heavy (non-hydrogen) atoms. The maximum atomic E-state index is 5.34. The van der Waals surface area contributed by atoms with Gasteiger partial charge < -0.3 is 33.5 Å². The van der Waals surface area contributed by atoms with Gasteiger partial charge in [0.15, 0.2) is 24.8 Å². The third-order valence-corrected chi connectivity index (χ3v) is 5.91. The third-order valence-electron chi connectivity index (χ3n) is 5.91. The van der Waals surface area contributed by atoms with Gasteiger partial charge in [0.1, 0.15) is 11.5 Å². The molecular formula is C30H26IN3O2. The molecule has 0 fully saturated rings. The summed E-state index contributed by atoms with van der Waals surface area (Å²) in [4.78, 5) is 9.73. The maximum absolute atomic E-state index is 5.34. The fraction of sp³-hybridized carbons (Fsp3) is 0.100. The van der Waals surface area contributed by atoms with Crippen LogP contribution in [0.3, 0.4) is 0 Å². The molecule has 0 atom stereocenters. The minimum absolute atomic E-state index is 0. The van der Waals surface area contributed by atoms with Crippen LogP contribution in [0.1, 0.15) is 5.56 Å². The Kier molecular flexibility index (Phi) is 8.28. The number of hydrogen-bond donors (Lipinski definition) is 0. The zero-order chi connectivity index (χ0) is 24.0. The highest BCUT2D eigenvalue weighted by atomic mass is 127. The summed E-state index contributed by atoms with van der Waals surface area (Å²) < 4.78 is 12.8. The van der Waals surface area contributed by atoms with Crippen molar-refractivity contribution < 1.29 is 38.0 Å². The Balaban J connectivity index is 0.00000304.